The lowest BCUT2D eigenvalue weighted by Crippen LogP contribution is -2.46. The maximum atomic E-state index is 11.8. The molecule has 5 nitrogen and oxygen atoms in total. The summed E-state index contributed by atoms with van der Waals surface area (Å²) in [4.78, 5) is 23.7. The molecule has 1 aromatic rings. The Kier molecular flexibility index (Phi) is 6.73. The Bertz CT molecular complexity index is 415. The molecule has 0 radical (unpaired) electrons. The number of carbonyl (C=O) groups excluding carboxylic acids is 2. The smallest absolute Gasteiger partial charge is 0.334 e. The lowest BCUT2D eigenvalue weighted by atomic mass is 10.1. The van der Waals surface area contributed by atoms with Crippen LogP contribution in [-0.4, -0.2) is 31.2 Å². The van der Waals surface area contributed by atoms with Crippen molar-refractivity contribution in [2.75, 3.05) is 13.2 Å². The third-order valence-electron chi connectivity index (χ3n) is 2.76. The molecule has 1 atom stereocenters. The molecule has 5 heteroatoms. The van der Waals surface area contributed by atoms with Crippen molar-refractivity contribution in [2.45, 2.75) is 32.9 Å². The van der Waals surface area contributed by atoms with Crippen LogP contribution in [0.3, 0.4) is 0 Å². The molecule has 0 aliphatic heterocycles. The van der Waals surface area contributed by atoms with Crippen molar-refractivity contribution in [3.63, 3.8) is 0 Å². The molecule has 0 bridgehead atoms. The number of nitrogens with one attached hydrogen (secondary N) is 1. The topological polar surface area (TPSA) is 64.6 Å². The molecule has 0 spiro atoms. The molecule has 20 heavy (non-hydrogen) atoms. The third-order valence-corrected chi connectivity index (χ3v) is 2.76. The molecule has 0 aliphatic rings. The van der Waals surface area contributed by atoms with Gasteiger partial charge in [-0.15, -0.1) is 0 Å². The summed E-state index contributed by atoms with van der Waals surface area (Å²) in [5.41, 5.74) is 0.978. The van der Waals surface area contributed by atoms with Gasteiger partial charge in [-0.1, -0.05) is 30.3 Å². The Labute approximate surface area is 119 Å². The number of carbonyl (C=O) groups is 2. The van der Waals surface area contributed by atoms with Crippen molar-refractivity contribution in [3.05, 3.63) is 35.9 Å². The zero-order valence-corrected chi connectivity index (χ0v) is 12.1. The summed E-state index contributed by atoms with van der Waals surface area (Å²) in [6.45, 7) is 5.70. The number of ether oxygens (including phenoxy) is 2. The van der Waals surface area contributed by atoms with E-state index in [0.29, 0.717) is 0 Å². The number of benzene rings is 1. The molecule has 1 aromatic carbocycles. The molecule has 0 heterocycles. The van der Waals surface area contributed by atoms with Gasteiger partial charge < -0.3 is 9.47 Å². The van der Waals surface area contributed by atoms with E-state index in [0.717, 1.165) is 5.56 Å². The van der Waals surface area contributed by atoms with Crippen LogP contribution >= 0.6 is 0 Å². The highest BCUT2D eigenvalue weighted by Gasteiger charge is 2.30. The summed E-state index contributed by atoms with van der Waals surface area (Å²) in [6.07, 6.45) is 0. The molecule has 0 saturated carbocycles. The van der Waals surface area contributed by atoms with Crippen LogP contribution in [0.2, 0.25) is 0 Å². The maximum Gasteiger partial charge on any atom is 0.334 e. The molecule has 0 aliphatic carbocycles. The van der Waals surface area contributed by atoms with Gasteiger partial charge in [0.15, 0.2) is 0 Å². The van der Waals surface area contributed by atoms with Gasteiger partial charge in [-0.25, -0.2) is 9.59 Å². The molecular formula is C15H21NO4. The quantitative estimate of drug-likeness (QED) is 0.609. The fraction of sp³-hybridized carbons (Fsp3) is 0.467. The second-order valence-electron chi connectivity index (χ2n) is 4.24. The lowest BCUT2D eigenvalue weighted by Gasteiger charge is -2.20. The normalized spacial score (nSPS) is 12.0. The zero-order chi connectivity index (χ0) is 15.0. The van der Waals surface area contributed by atoms with Gasteiger partial charge in [0.1, 0.15) is 0 Å². The van der Waals surface area contributed by atoms with Crippen LogP contribution in [-0.2, 0) is 19.1 Å². The van der Waals surface area contributed by atoms with E-state index < -0.39 is 18.0 Å². The average Bonchev–Trinajstić information content (AvgIpc) is 2.45. The first-order chi connectivity index (χ1) is 9.60. The Morgan fingerprint density at radius 1 is 1.05 bits per heavy atom. The predicted octanol–water partition coefficient (Wildman–Crippen LogP) is 1.83. The lowest BCUT2D eigenvalue weighted by molar-refractivity contribution is -0.158. The van der Waals surface area contributed by atoms with E-state index in [1.165, 1.54) is 0 Å². The van der Waals surface area contributed by atoms with Gasteiger partial charge in [0.25, 0.3) is 0 Å². The highest BCUT2D eigenvalue weighted by molar-refractivity contribution is 5.99. The molecule has 1 N–H and O–H groups in total. The largest absolute Gasteiger partial charge is 0.464 e. The van der Waals surface area contributed by atoms with E-state index in [-0.39, 0.29) is 19.3 Å². The van der Waals surface area contributed by atoms with Gasteiger partial charge in [-0.05, 0) is 26.3 Å². The van der Waals surface area contributed by atoms with Crippen LogP contribution in [0, 0.1) is 0 Å². The summed E-state index contributed by atoms with van der Waals surface area (Å²) in [6, 6.07) is 8.27. The molecule has 110 valence electrons. The van der Waals surface area contributed by atoms with Gasteiger partial charge >= 0.3 is 11.9 Å². The third kappa shape index (κ3) is 4.66. The van der Waals surface area contributed by atoms with Crippen LogP contribution in [0.1, 0.15) is 32.4 Å². The van der Waals surface area contributed by atoms with Crippen molar-refractivity contribution in [3.8, 4) is 0 Å². The standard InChI is InChI=1S/C15H21NO4/c1-4-19-14(17)13(15(18)20-5-2)16-11(3)12-9-7-6-8-10-12/h6-11,13,16H,4-5H2,1-3H3. The second kappa shape index (κ2) is 8.32. The Morgan fingerprint density at radius 2 is 1.55 bits per heavy atom. The van der Waals surface area contributed by atoms with Crippen LogP contribution in [0.15, 0.2) is 30.3 Å². The van der Waals surface area contributed by atoms with Crippen molar-refractivity contribution in [1.29, 1.82) is 0 Å². The van der Waals surface area contributed by atoms with E-state index >= 15 is 0 Å². The first-order valence-electron chi connectivity index (χ1n) is 6.74. The molecule has 0 fully saturated rings. The minimum Gasteiger partial charge on any atom is -0.464 e. The van der Waals surface area contributed by atoms with Crippen molar-refractivity contribution < 1.29 is 19.1 Å². The van der Waals surface area contributed by atoms with E-state index in [1.807, 2.05) is 37.3 Å². The molecule has 1 unspecified atom stereocenters. The Morgan fingerprint density at radius 3 is 2.00 bits per heavy atom. The molecule has 0 saturated heterocycles. The van der Waals surface area contributed by atoms with Crippen molar-refractivity contribution in [1.82, 2.24) is 5.32 Å². The van der Waals surface area contributed by atoms with E-state index in [2.05, 4.69) is 5.32 Å². The molecule has 0 amide bonds. The first kappa shape index (κ1) is 16.2. The zero-order valence-electron chi connectivity index (χ0n) is 12.1. The second-order valence-corrected chi connectivity index (χ2v) is 4.24. The minimum absolute atomic E-state index is 0.171. The van der Waals surface area contributed by atoms with Crippen LogP contribution in [0.5, 0.6) is 0 Å². The summed E-state index contributed by atoms with van der Waals surface area (Å²) >= 11 is 0. The summed E-state index contributed by atoms with van der Waals surface area (Å²) < 4.78 is 9.81. The summed E-state index contributed by atoms with van der Waals surface area (Å²) in [7, 11) is 0. The van der Waals surface area contributed by atoms with Crippen LogP contribution in [0.4, 0.5) is 0 Å². The summed E-state index contributed by atoms with van der Waals surface area (Å²) in [5.74, 6) is -1.23. The Balaban J connectivity index is 2.78. The minimum atomic E-state index is -1.11. The maximum absolute atomic E-state index is 11.8. The average molecular weight is 279 g/mol. The number of esters is 2. The van der Waals surface area contributed by atoms with Gasteiger partial charge in [0, 0.05) is 6.04 Å². The van der Waals surface area contributed by atoms with Crippen molar-refractivity contribution >= 4 is 11.9 Å². The predicted molar refractivity (Wildman–Crippen MR) is 75.0 cm³/mol. The van der Waals surface area contributed by atoms with E-state index in [9.17, 15) is 9.59 Å². The highest BCUT2D eigenvalue weighted by atomic mass is 16.6. The molecular weight excluding hydrogens is 258 g/mol. The first-order valence-corrected chi connectivity index (χ1v) is 6.74. The van der Waals surface area contributed by atoms with E-state index in [1.54, 1.807) is 13.8 Å². The molecule has 0 aromatic heterocycles. The highest BCUT2D eigenvalue weighted by Crippen LogP contribution is 2.13. The molecule has 1 rings (SSSR count). The SMILES string of the molecule is CCOC(=O)C(NC(C)c1ccccc1)C(=O)OCC. The van der Waals surface area contributed by atoms with Crippen molar-refractivity contribution in [2.24, 2.45) is 0 Å². The number of hydrogen-bond donors (Lipinski definition) is 1. The van der Waals surface area contributed by atoms with Crippen LogP contribution in [0.25, 0.3) is 0 Å². The summed E-state index contributed by atoms with van der Waals surface area (Å²) in [5, 5.41) is 2.95. The fourth-order valence-corrected chi connectivity index (χ4v) is 1.77. The van der Waals surface area contributed by atoms with E-state index in [4.69, 9.17) is 9.47 Å². The number of hydrogen-bond acceptors (Lipinski definition) is 5. The van der Waals surface area contributed by atoms with Gasteiger partial charge in [0.05, 0.1) is 13.2 Å². The monoisotopic (exact) mass is 279 g/mol. The Hall–Kier alpha value is -1.88. The van der Waals surface area contributed by atoms with Gasteiger partial charge in [-0.3, -0.25) is 5.32 Å². The van der Waals surface area contributed by atoms with Crippen LogP contribution < -0.4 is 5.32 Å². The number of rotatable bonds is 7. The fourth-order valence-electron chi connectivity index (χ4n) is 1.77. The van der Waals surface area contributed by atoms with Gasteiger partial charge in [-0.2, -0.15) is 0 Å². The van der Waals surface area contributed by atoms with Gasteiger partial charge in [0.2, 0.25) is 6.04 Å².